The molecule has 0 aliphatic rings. The summed E-state index contributed by atoms with van der Waals surface area (Å²) in [5, 5.41) is 0. The summed E-state index contributed by atoms with van der Waals surface area (Å²) in [6.45, 7) is 11.3. The fraction of sp³-hybridized carbons (Fsp3) is 0.400. The molecule has 0 unspecified atom stereocenters. The van der Waals surface area contributed by atoms with Gasteiger partial charge in [-0.1, -0.05) is 51.1 Å². The number of ether oxygens (including phenoxy) is 2. The molecule has 2 aromatic rings. The standard InChI is InChI=1S/C20H27BrO3Si/c1-20(2,3)15-12-16(21)18(22-4)19(24-25(5)6)17(15)23-13-14-10-8-7-9-11-14/h7-12,25H,13H2,1-6H3. The second kappa shape index (κ2) is 8.28. The first-order valence-corrected chi connectivity index (χ1v) is 12.1. The van der Waals surface area contributed by atoms with Gasteiger partial charge in [0.15, 0.2) is 17.2 Å². The smallest absolute Gasteiger partial charge is 0.229 e. The van der Waals surface area contributed by atoms with Crippen LogP contribution in [0, 0.1) is 0 Å². The van der Waals surface area contributed by atoms with Crippen LogP contribution in [0.5, 0.6) is 17.2 Å². The average molecular weight is 423 g/mol. The van der Waals surface area contributed by atoms with Gasteiger partial charge in [-0.3, -0.25) is 0 Å². The summed E-state index contributed by atoms with van der Waals surface area (Å²) in [6.07, 6.45) is 0. The Morgan fingerprint density at radius 1 is 1.00 bits per heavy atom. The fourth-order valence-corrected chi connectivity index (χ4v) is 3.81. The largest absolute Gasteiger partial charge is 0.542 e. The molecule has 0 atom stereocenters. The van der Waals surface area contributed by atoms with Crippen molar-refractivity contribution in [3.05, 3.63) is 52.0 Å². The minimum atomic E-state index is -1.34. The Morgan fingerprint density at radius 2 is 1.64 bits per heavy atom. The monoisotopic (exact) mass is 422 g/mol. The molecule has 2 aromatic carbocycles. The SMILES string of the molecule is COc1c(Br)cc(C(C)(C)C)c(OCc2ccccc2)c1O[SiH](C)C. The van der Waals surface area contributed by atoms with E-state index in [0.29, 0.717) is 18.1 Å². The zero-order chi connectivity index (χ0) is 18.6. The van der Waals surface area contributed by atoms with Crippen LogP contribution in [-0.2, 0) is 12.0 Å². The zero-order valence-corrected chi connectivity index (χ0v) is 18.6. The topological polar surface area (TPSA) is 27.7 Å². The number of benzene rings is 2. The van der Waals surface area contributed by atoms with E-state index in [1.807, 2.05) is 18.2 Å². The van der Waals surface area contributed by atoms with Gasteiger partial charge >= 0.3 is 0 Å². The van der Waals surface area contributed by atoms with Gasteiger partial charge < -0.3 is 13.9 Å². The number of methoxy groups -OCH3 is 1. The summed E-state index contributed by atoms with van der Waals surface area (Å²) < 4.78 is 19.0. The molecule has 0 aromatic heterocycles. The average Bonchev–Trinajstić information content (AvgIpc) is 2.53. The van der Waals surface area contributed by atoms with Crippen LogP contribution in [-0.4, -0.2) is 16.2 Å². The van der Waals surface area contributed by atoms with Crippen LogP contribution in [0.1, 0.15) is 31.9 Å². The van der Waals surface area contributed by atoms with Crippen molar-refractivity contribution in [2.45, 2.75) is 45.9 Å². The van der Waals surface area contributed by atoms with Gasteiger partial charge in [0.05, 0.1) is 11.6 Å². The first-order valence-electron chi connectivity index (χ1n) is 8.48. The number of hydrogen-bond acceptors (Lipinski definition) is 3. The highest BCUT2D eigenvalue weighted by Gasteiger charge is 2.28. The van der Waals surface area contributed by atoms with E-state index in [1.165, 1.54) is 0 Å². The second-order valence-corrected chi connectivity index (χ2v) is 10.5. The third kappa shape index (κ3) is 5.01. The third-order valence-corrected chi connectivity index (χ3v) is 5.03. The van der Waals surface area contributed by atoms with Crippen LogP contribution in [0.3, 0.4) is 0 Å². The summed E-state index contributed by atoms with van der Waals surface area (Å²) in [7, 11) is 0.317. The summed E-state index contributed by atoms with van der Waals surface area (Å²) in [5.74, 6) is 2.18. The van der Waals surface area contributed by atoms with E-state index >= 15 is 0 Å². The maximum atomic E-state index is 6.28. The lowest BCUT2D eigenvalue weighted by Crippen LogP contribution is -2.18. The van der Waals surface area contributed by atoms with E-state index in [0.717, 1.165) is 21.3 Å². The molecule has 0 amide bonds. The second-order valence-electron chi connectivity index (χ2n) is 7.29. The van der Waals surface area contributed by atoms with Crippen LogP contribution in [0.25, 0.3) is 0 Å². The summed E-state index contributed by atoms with van der Waals surface area (Å²) in [4.78, 5) is 0. The van der Waals surface area contributed by atoms with Crippen molar-refractivity contribution in [1.82, 2.24) is 0 Å². The van der Waals surface area contributed by atoms with E-state index in [2.05, 4.69) is 68.0 Å². The number of halogens is 1. The summed E-state index contributed by atoms with van der Waals surface area (Å²) in [5.41, 5.74) is 2.13. The van der Waals surface area contributed by atoms with Gasteiger partial charge in [-0.2, -0.15) is 0 Å². The molecule has 0 radical (unpaired) electrons. The Balaban J connectivity index is 2.54. The molecule has 0 saturated heterocycles. The lowest BCUT2D eigenvalue weighted by molar-refractivity contribution is 0.282. The molecule has 0 saturated carbocycles. The zero-order valence-electron chi connectivity index (χ0n) is 15.9. The molecule has 3 nitrogen and oxygen atoms in total. The van der Waals surface area contributed by atoms with Crippen LogP contribution in [0.4, 0.5) is 0 Å². The number of rotatable bonds is 6. The highest BCUT2D eigenvalue weighted by Crippen LogP contribution is 2.49. The van der Waals surface area contributed by atoms with Crippen molar-refractivity contribution >= 4 is 25.0 Å². The van der Waals surface area contributed by atoms with Crippen LogP contribution < -0.4 is 13.9 Å². The molecule has 136 valence electrons. The van der Waals surface area contributed by atoms with Gasteiger partial charge in [-0.25, -0.2) is 0 Å². The molecule has 0 heterocycles. The van der Waals surface area contributed by atoms with Gasteiger partial charge in [-0.15, -0.1) is 0 Å². The maximum absolute atomic E-state index is 6.28. The molecule has 5 heteroatoms. The molecule has 0 aliphatic carbocycles. The Kier molecular flexibility index (Phi) is 6.57. The normalized spacial score (nSPS) is 11.5. The molecule has 0 aliphatic heterocycles. The third-order valence-electron chi connectivity index (χ3n) is 3.74. The van der Waals surface area contributed by atoms with Crippen molar-refractivity contribution in [1.29, 1.82) is 0 Å². The van der Waals surface area contributed by atoms with Crippen molar-refractivity contribution in [3.63, 3.8) is 0 Å². The van der Waals surface area contributed by atoms with Gasteiger partial charge in [0.1, 0.15) is 6.61 Å². The summed E-state index contributed by atoms with van der Waals surface area (Å²) in [6, 6.07) is 12.2. The fourth-order valence-electron chi connectivity index (χ4n) is 2.55. The van der Waals surface area contributed by atoms with Crippen molar-refractivity contribution in [2.24, 2.45) is 0 Å². The van der Waals surface area contributed by atoms with Crippen LogP contribution in [0.2, 0.25) is 13.1 Å². The quantitative estimate of drug-likeness (QED) is 0.558. The first kappa shape index (κ1) is 19.9. The van der Waals surface area contributed by atoms with E-state index in [4.69, 9.17) is 13.9 Å². The Labute approximate surface area is 161 Å². The lowest BCUT2D eigenvalue weighted by Gasteiger charge is -2.27. The number of hydrogen-bond donors (Lipinski definition) is 0. The molecule has 2 rings (SSSR count). The van der Waals surface area contributed by atoms with Gasteiger partial charge in [0, 0.05) is 5.56 Å². The van der Waals surface area contributed by atoms with E-state index in [9.17, 15) is 0 Å². The predicted octanol–water partition coefficient (Wildman–Crippen LogP) is 5.70. The van der Waals surface area contributed by atoms with Gasteiger partial charge in [0.25, 0.3) is 0 Å². The lowest BCUT2D eigenvalue weighted by atomic mass is 9.86. The van der Waals surface area contributed by atoms with Gasteiger partial charge in [-0.05, 0) is 46.1 Å². The molecule has 25 heavy (non-hydrogen) atoms. The first-order chi connectivity index (χ1) is 11.7. The molecule has 0 bridgehead atoms. The predicted molar refractivity (Wildman–Crippen MR) is 110 cm³/mol. The van der Waals surface area contributed by atoms with E-state index < -0.39 is 9.04 Å². The van der Waals surface area contributed by atoms with Crippen LogP contribution >= 0.6 is 15.9 Å². The van der Waals surface area contributed by atoms with Crippen molar-refractivity contribution in [2.75, 3.05) is 7.11 Å². The Morgan fingerprint density at radius 3 is 2.16 bits per heavy atom. The Hall–Kier alpha value is -1.46. The molecule has 0 spiro atoms. The minimum absolute atomic E-state index is 0.0859. The van der Waals surface area contributed by atoms with E-state index in [-0.39, 0.29) is 5.41 Å². The molecule has 0 N–H and O–H groups in total. The summed E-state index contributed by atoms with van der Waals surface area (Å²) >= 11 is 3.63. The maximum Gasteiger partial charge on any atom is 0.229 e. The van der Waals surface area contributed by atoms with Crippen molar-refractivity contribution in [3.8, 4) is 17.2 Å². The molecular formula is C20H27BrO3Si. The highest BCUT2D eigenvalue weighted by molar-refractivity contribution is 9.10. The minimum Gasteiger partial charge on any atom is -0.542 e. The molecule has 0 fully saturated rings. The molecular weight excluding hydrogens is 396 g/mol. The van der Waals surface area contributed by atoms with Crippen LogP contribution in [0.15, 0.2) is 40.9 Å². The highest BCUT2D eigenvalue weighted by atomic mass is 79.9. The van der Waals surface area contributed by atoms with Crippen molar-refractivity contribution < 1.29 is 13.9 Å². The van der Waals surface area contributed by atoms with Gasteiger partial charge in [0.2, 0.25) is 9.04 Å². The Bertz CT molecular complexity index is 709. The van der Waals surface area contributed by atoms with E-state index in [1.54, 1.807) is 7.11 Å².